The van der Waals surface area contributed by atoms with Gasteiger partial charge in [-0.2, -0.15) is 0 Å². The number of aromatic nitrogens is 1. The molecule has 1 aliphatic rings. The Kier molecular flexibility index (Phi) is 3.94. The van der Waals surface area contributed by atoms with E-state index in [1.807, 2.05) is 30.3 Å². The molecule has 0 fully saturated rings. The molecule has 4 heteroatoms. The average Bonchev–Trinajstić information content (AvgIpc) is 2.68. The van der Waals surface area contributed by atoms with Crippen LogP contribution in [0.1, 0.15) is 22.5 Å². The fourth-order valence-electron chi connectivity index (χ4n) is 3.18. The van der Waals surface area contributed by atoms with Crippen molar-refractivity contribution in [2.75, 3.05) is 13.1 Å². The normalized spacial score (nSPS) is 14.4. The topological polar surface area (TPSA) is 53.4 Å². The Morgan fingerprint density at radius 2 is 1.84 bits per heavy atom. The summed E-state index contributed by atoms with van der Waals surface area (Å²) in [6, 6.07) is 19.0. The lowest BCUT2D eigenvalue weighted by atomic mass is 9.99. The molecule has 0 saturated heterocycles. The van der Waals surface area contributed by atoms with Gasteiger partial charge in [-0.05, 0) is 29.7 Å². The molecule has 0 atom stereocenters. The van der Waals surface area contributed by atoms with Crippen molar-refractivity contribution in [3.05, 3.63) is 78.0 Å². The first-order valence-electron chi connectivity index (χ1n) is 8.35. The molecule has 1 N–H and O–H groups in total. The van der Waals surface area contributed by atoms with Crippen LogP contribution in [0.4, 0.5) is 0 Å². The predicted octanol–water partition coefficient (Wildman–Crippen LogP) is 3.87. The average molecular weight is 330 g/mol. The molecule has 0 radical (unpaired) electrons. The van der Waals surface area contributed by atoms with Crippen molar-refractivity contribution < 1.29 is 9.90 Å². The molecule has 1 aliphatic heterocycles. The summed E-state index contributed by atoms with van der Waals surface area (Å²) in [6.45, 7) is 1.24. The van der Waals surface area contributed by atoms with E-state index in [-0.39, 0.29) is 11.7 Å². The Labute approximate surface area is 146 Å². The van der Waals surface area contributed by atoms with Crippen LogP contribution in [-0.2, 0) is 0 Å². The van der Waals surface area contributed by atoms with Crippen LogP contribution >= 0.6 is 0 Å². The van der Waals surface area contributed by atoms with E-state index in [2.05, 4.69) is 23.2 Å². The fraction of sp³-hybridized carbons (Fsp3) is 0.143. The van der Waals surface area contributed by atoms with Crippen molar-refractivity contribution in [1.82, 2.24) is 9.88 Å². The molecule has 1 amide bonds. The van der Waals surface area contributed by atoms with Gasteiger partial charge in [0, 0.05) is 18.5 Å². The van der Waals surface area contributed by atoms with Gasteiger partial charge in [0.1, 0.15) is 17.0 Å². The van der Waals surface area contributed by atoms with Crippen LogP contribution in [0.3, 0.4) is 0 Å². The van der Waals surface area contributed by atoms with E-state index in [1.54, 1.807) is 23.1 Å². The Morgan fingerprint density at radius 1 is 1.00 bits per heavy atom. The zero-order valence-corrected chi connectivity index (χ0v) is 13.7. The second kappa shape index (κ2) is 6.40. The first kappa shape index (κ1) is 15.4. The second-order valence-electron chi connectivity index (χ2n) is 6.14. The van der Waals surface area contributed by atoms with E-state index in [1.165, 1.54) is 11.1 Å². The summed E-state index contributed by atoms with van der Waals surface area (Å²) in [5, 5.41) is 10.8. The number of fused-ring (bicyclic) bond motifs is 1. The van der Waals surface area contributed by atoms with E-state index >= 15 is 0 Å². The zero-order valence-electron chi connectivity index (χ0n) is 13.7. The third kappa shape index (κ3) is 2.98. The first-order chi connectivity index (χ1) is 12.2. The van der Waals surface area contributed by atoms with Crippen molar-refractivity contribution >= 4 is 22.4 Å². The smallest absolute Gasteiger partial charge is 0.272 e. The number of hydrogen-bond acceptors (Lipinski definition) is 3. The van der Waals surface area contributed by atoms with E-state index in [4.69, 9.17) is 0 Å². The zero-order chi connectivity index (χ0) is 17.2. The number of pyridine rings is 1. The standard InChI is InChI=1S/C21H18N2O2/c24-19-8-4-7-17-9-10-18(22-20(17)19)21(25)23-13-11-16(12-14-23)15-5-2-1-3-6-15/h1-11,24H,12-14H2. The molecule has 3 aromatic rings. The maximum absolute atomic E-state index is 12.8. The molecule has 2 aromatic carbocycles. The molecule has 4 rings (SSSR count). The number of carbonyl (C=O) groups is 1. The summed E-state index contributed by atoms with van der Waals surface area (Å²) in [5.41, 5.74) is 3.31. The highest BCUT2D eigenvalue weighted by Gasteiger charge is 2.20. The van der Waals surface area contributed by atoms with Crippen LogP contribution in [0.5, 0.6) is 5.75 Å². The van der Waals surface area contributed by atoms with Gasteiger partial charge in [-0.1, -0.05) is 54.6 Å². The number of carbonyl (C=O) groups excluding carboxylic acids is 1. The SMILES string of the molecule is O=C(c1ccc2cccc(O)c2n1)N1CC=C(c2ccccc2)CC1. The van der Waals surface area contributed by atoms with Crippen LogP contribution in [0.15, 0.2) is 66.7 Å². The number of phenols is 1. The molecular weight excluding hydrogens is 312 g/mol. The molecular formula is C21H18N2O2. The van der Waals surface area contributed by atoms with Gasteiger partial charge >= 0.3 is 0 Å². The van der Waals surface area contributed by atoms with Gasteiger partial charge in [-0.3, -0.25) is 4.79 Å². The van der Waals surface area contributed by atoms with Gasteiger partial charge in [0.05, 0.1) is 0 Å². The Bertz CT molecular complexity index is 964. The summed E-state index contributed by atoms with van der Waals surface area (Å²) in [6.07, 6.45) is 2.93. The third-order valence-corrected chi connectivity index (χ3v) is 4.56. The van der Waals surface area contributed by atoms with Crippen LogP contribution in [0.2, 0.25) is 0 Å². The van der Waals surface area contributed by atoms with Crippen molar-refractivity contribution in [2.24, 2.45) is 0 Å². The maximum atomic E-state index is 12.8. The van der Waals surface area contributed by atoms with Crippen molar-refractivity contribution in [3.8, 4) is 5.75 Å². The van der Waals surface area contributed by atoms with Crippen molar-refractivity contribution in [1.29, 1.82) is 0 Å². The van der Waals surface area contributed by atoms with Crippen molar-refractivity contribution in [3.63, 3.8) is 0 Å². The lowest BCUT2D eigenvalue weighted by molar-refractivity contribution is 0.0767. The van der Waals surface area contributed by atoms with Crippen LogP contribution in [0.25, 0.3) is 16.5 Å². The Morgan fingerprint density at radius 3 is 2.60 bits per heavy atom. The highest BCUT2D eigenvalue weighted by atomic mass is 16.3. The third-order valence-electron chi connectivity index (χ3n) is 4.56. The molecule has 0 saturated carbocycles. The molecule has 25 heavy (non-hydrogen) atoms. The van der Waals surface area contributed by atoms with Gasteiger partial charge in [-0.25, -0.2) is 4.98 Å². The second-order valence-corrected chi connectivity index (χ2v) is 6.14. The Hall–Kier alpha value is -3.14. The number of nitrogens with zero attached hydrogens (tertiary/aromatic N) is 2. The van der Waals surface area contributed by atoms with E-state index in [0.717, 1.165) is 11.8 Å². The van der Waals surface area contributed by atoms with Gasteiger partial charge < -0.3 is 10.0 Å². The van der Waals surface area contributed by atoms with Crippen LogP contribution < -0.4 is 0 Å². The lowest BCUT2D eigenvalue weighted by Gasteiger charge is -2.26. The molecule has 1 aromatic heterocycles. The molecule has 4 nitrogen and oxygen atoms in total. The molecule has 2 heterocycles. The monoisotopic (exact) mass is 330 g/mol. The summed E-state index contributed by atoms with van der Waals surface area (Å²) < 4.78 is 0. The first-order valence-corrected chi connectivity index (χ1v) is 8.35. The summed E-state index contributed by atoms with van der Waals surface area (Å²) in [7, 11) is 0. The van der Waals surface area contributed by atoms with E-state index < -0.39 is 0 Å². The minimum atomic E-state index is -0.103. The summed E-state index contributed by atoms with van der Waals surface area (Å²) >= 11 is 0. The molecule has 0 bridgehead atoms. The van der Waals surface area contributed by atoms with Gasteiger partial charge in [0.2, 0.25) is 0 Å². The number of rotatable bonds is 2. The lowest BCUT2D eigenvalue weighted by Crippen LogP contribution is -2.35. The van der Waals surface area contributed by atoms with Gasteiger partial charge in [0.15, 0.2) is 0 Å². The van der Waals surface area contributed by atoms with E-state index in [0.29, 0.717) is 24.3 Å². The van der Waals surface area contributed by atoms with Gasteiger partial charge in [0.25, 0.3) is 5.91 Å². The minimum Gasteiger partial charge on any atom is -0.506 e. The van der Waals surface area contributed by atoms with Crippen LogP contribution in [0, 0.1) is 0 Å². The maximum Gasteiger partial charge on any atom is 0.272 e. The molecule has 0 spiro atoms. The molecule has 124 valence electrons. The quantitative estimate of drug-likeness (QED) is 0.776. The number of para-hydroxylation sites is 1. The number of benzene rings is 2. The fourth-order valence-corrected chi connectivity index (χ4v) is 3.18. The number of hydrogen-bond donors (Lipinski definition) is 1. The Balaban J connectivity index is 1.56. The molecule has 0 unspecified atom stereocenters. The molecule has 0 aliphatic carbocycles. The summed E-state index contributed by atoms with van der Waals surface area (Å²) in [4.78, 5) is 18.9. The van der Waals surface area contributed by atoms with Crippen molar-refractivity contribution in [2.45, 2.75) is 6.42 Å². The number of aromatic hydroxyl groups is 1. The largest absolute Gasteiger partial charge is 0.506 e. The van der Waals surface area contributed by atoms with E-state index in [9.17, 15) is 9.90 Å². The minimum absolute atomic E-state index is 0.0945. The number of phenolic OH excluding ortho intramolecular Hbond substituents is 1. The van der Waals surface area contributed by atoms with Gasteiger partial charge in [-0.15, -0.1) is 0 Å². The highest BCUT2D eigenvalue weighted by molar-refractivity contribution is 5.96. The van der Waals surface area contributed by atoms with Crippen LogP contribution in [-0.4, -0.2) is 34.0 Å². The highest BCUT2D eigenvalue weighted by Crippen LogP contribution is 2.25. The predicted molar refractivity (Wildman–Crippen MR) is 98.3 cm³/mol. The summed E-state index contributed by atoms with van der Waals surface area (Å²) in [5.74, 6) is -0.00873. The number of amides is 1.